The van der Waals surface area contributed by atoms with Crippen molar-refractivity contribution in [1.82, 2.24) is 24.1 Å². The van der Waals surface area contributed by atoms with Crippen LogP contribution in [0.15, 0.2) is 30.7 Å². The zero-order valence-corrected chi connectivity index (χ0v) is 9.12. The van der Waals surface area contributed by atoms with E-state index in [0.29, 0.717) is 5.78 Å². The van der Waals surface area contributed by atoms with Crippen LogP contribution in [0.1, 0.15) is 5.69 Å². The van der Waals surface area contributed by atoms with Crippen molar-refractivity contribution in [3.63, 3.8) is 0 Å². The monoisotopic (exact) mass is 213 g/mol. The largest absolute Gasteiger partial charge is 0.349 e. The lowest BCUT2D eigenvalue weighted by atomic mass is 10.2. The maximum Gasteiger partial charge on any atom is 0.252 e. The Morgan fingerprint density at radius 1 is 1.25 bits per heavy atom. The van der Waals surface area contributed by atoms with Crippen molar-refractivity contribution in [2.24, 2.45) is 7.05 Å². The summed E-state index contributed by atoms with van der Waals surface area (Å²) in [5.74, 6) is 0.635. The summed E-state index contributed by atoms with van der Waals surface area (Å²) in [5, 5.41) is 4.19. The second kappa shape index (κ2) is 3.16. The molecule has 0 unspecified atom stereocenters. The topological polar surface area (TPSA) is 48.0 Å². The third kappa shape index (κ3) is 1.21. The summed E-state index contributed by atoms with van der Waals surface area (Å²) >= 11 is 0. The summed E-state index contributed by atoms with van der Waals surface area (Å²) in [6, 6.07) is 6.07. The van der Waals surface area contributed by atoms with E-state index in [-0.39, 0.29) is 0 Å². The van der Waals surface area contributed by atoms with Gasteiger partial charge in [0.15, 0.2) is 0 Å². The lowest BCUT2D eigenvalue weighted by molar-refractivity contribution is 0.887. The molecule has 5 nitrogen and oxygen atoms in total. The molecule has 80 valence electrons. The van der Waals surface area contributed by atoms with Gasteiger partial charge in [-0.2, -0.15) is 14.6 Å². The molecule has 0 aromatic carbocycles. The standard InChI is InChI=1S/C11H11N5/c1-8-6-10(9-4-3-5-15(9)2)16-11(14-8)12-7-13-16/h3-7H,1-2H3. The number of hydrogen-bond donors (Lipinski definition) is 0. The maximum absolute atomic E-state index is 4.32. The van der Waals surface area contributed by atoms with Gasteiger partial charge in [-0.25, -0.2) is 4.98 Å². The van der Waals surface area contributed by atoms with E-state index in [1.807, 2.05) is 32.3 Å². The molecule has 3 aromatic heterocycles. The van der Waals surface area contributed by atoms with Crippen LogP contribution in [0.3, 0.4) is 0 Å². The minimum Gasteiger partial charge on any atom is -0.349 e. The fraction of sp³-hybridized carbons (Fsp3) is 0.182. The highest BCUT2D eigenvalue weighted by Gasteiger charge is 2.09. The summed E-state index contributed by atoms with van der Waals surface area (Å²) in [7, 11) is 2.01. The van der Waals surface area contributed by atoms with Gasteiger partial charge in [0.25, 0.3) is 5.78 Å². The van der Waals surface area contributed by atoms with Gasteiger partial charge in [-0.3, -0.25) is 0 Å². The molecule has 0 radical (unpaired) electrons. The SMILES string of the molecule is Cc1cc(-c2cccn2C)n2ncnc2n1. The molecule has 0 atom stereocenters. The second-order valence-electron chi connectivity index (χ2n) is 3.76. The minimum absolute atomic E-state index is 0.635. The van der Waals surface area contributed by atoms with Gasteiger partial charge in [0.2, 0.25) is 0 Å². The normalized spacial score (nSPS) is 11.1. The van der Waals surface area contributed by atoms with Gasteiger partial charge in [0.1, 0.15) is 6.33 Å². The number of nitrogens with zero attached hydrogens (tertiary/aromatic N) is 5. The van der Waals surface area contributed by atoms with Crippen LogP contribution >= 0.6 is 0 Å². The molecule has 0 aliphatic carbocycles. The third-order valence-corrected chi connectivity index (χ3v) is 2.59. The average molecular weight is 213 g/mol. The Labute approximate surface area is 92.4 Å². The molecular weight excluding hydrogens is 202 g/mol. The van der Waals surface area contributed by atoms with E-state index in [1.54, 1.807) is 4.52 Å². The van der Waals surface area contributed by atoms with E-state index in [1.165, 1.54) is 6.33 Å². The van der Waals surface area contributed by atoms with E-state index in [0.717, 1.165) is 17.1 Å². The summed E-state index contributed by atoms with van der Waals surface area (Å²) in [5.41, 5.74) is 3.05. The third-order valence-electron chi connectivity index (χ3n) is 2.59. The first-order chi connectivity index (χ1) is 7.75. The van der Waals surface area contributed by atoms with E-state index < -0.39 is 0 Å². The molecule has 0 spiro atoms. The van der Waals surface area contributed by atoms with Crippen molar-refractivity contribution < 1.29 is 0 Å². The highest BCUT2D eigenvalue weighted by molar-refractivity contribution is 5.58. The van der Waals surface area contributed by atoms with Crippen LogP contribution in [-0.4, -0.2) is 24.1 Å². The van der Waals surface area contributed by atoms with Crippen molar-refractivity contribution >= 4 is 5.78 Å². The van der Waals surface area contributed by atoms with E-state index in [9.17, 15) is 0 Å². The Hall–Kier alpha value is -2.17. The first kappa shape index (κ1) is 9.08. The quantitative estimate of drug-likeness (QED) is 0.614. The summed E-state index contributed by atoms with van der Waals surface area (Å²) in [4.78, 5) is 8.43. The van der Waals surface area contributed by atoms with Gasteiger partial charge in [-0.05, 0) is 25.1 Å². The Balaban J connectivity index is 2.38. The predicted molar refractivity (Wildman–Crippen MR) is 59.9 cm³/mol. The van der Waals surface area contributed by atoms with Crippen molar-refractivity contribution in [3.8, 4) is 11.4 Å². The van der Waals surface area contributed by atoms with Crippen molar-refractivity contribution in [3.05, 3.63) is 36.4 Å². The molecule has 3 rings (SSSR count). The number of aromatic nitrogens is 5. The zero-order valence-electron chi connectivity index (χ0n) is 9.12. The second-order valence-corrected chi connectivity index (χ2v) is 3.76. The molecule has 0 aliphatic rings. The van der Waals surface area contributed by atoms with Crippen LogP contribution in [0, 0.1) is 6.92 Å². The minimum atomic E-state index is 0.635. The number of rotatable bonds is 1. The number of fused-ring (bicyclic) bond motifs is 1. The van der Waals surface area contributed by atoms with Crippen LogP contribution < -0.4 is 0 Å². The van der Waals surface area contributed by atoms with E-state index in [4.69, 9.17) is 0 Å². The molecule has 0 amide bonds. The van der Waals surface area contributed by atoms with Gasteiger partial charge in [-0.15, -0.1) is 0 Å². The zero-order chi connectivity index (χ0) is 11.1. The Bertz CT molecular complexity index is 649. The highest BCUT2D eigenvalue weighted by atomic mass is 15.3. The molecular formula is C11H11N5. The van der Waals surface area contributed by atoms with E-state index >= 15 is 0 Å². The Morgan fingerprint density at radius 3 is 2.88 bits per heavy atom. The highest BCUT2D eigenvalue weighted by Crippen LogP contribution is 2.19. The molecule has 0 saturated heterocycles. The average Bonchev–Trinajstić information content (AvgIpc) is 2.84. The summed E-state index contributed by atoms with van der Waals surface area (Å²) < 4.78 is 3.80. The molecule has 3 heterocycles. The predicted octanol–water partition coefficient (Wildman–Crippen LogP) is 1.44. The first-order valence-electron chi connectivity index (χ1n) is 5.05. The van der Waals surface area contributed by atoms with E-state index in [2.05, 4.69) is 25.7 Å². The van der Waals surface area contributed by atoms with Gasteiger partial charge >= 0.3 is 0 Å². The molecule has 0 N–H and O–H groups in total. The number of hydrogen-bond acceptors (Lipinski definition) is 3. The fourth-order valence-corrected chi connectivity index (χ4v) is 1.84. The molecule has 0 saturated carbocycles. The van der Waals surface area contributed by atoms with Gasteiger partial charge in [0.05, 0.1) is 11.4 Å². The summed E-state index contributed by atoms with van der Waals surface area (Å²) in [6.45, 7) is 1.96. The van der Waals surface area contributed by atoms with Crippen LogP contribution in [0.5, 0.6) is 0 Å². The summed E-state index contributed by atoms with van der Waals surface area (Å²) in [6.07, 6.45) is 3.53. The lowest BCUT2D eigenvalue weighted by Gasteiger charge is -2.06. The molecule has 3 aromatic rings. The van der Waals surface area contributed by atoms with Crippen molar-refractivity contribution in [1.29, 1.82) is 0 Å². The molecule has 5 heteroatoms. The smallest absolute Gasteiger partial charge is 0.252 e. The van der Waals surface area contributed by atoms with Crippen LogP contribution in [0.4, 0.5) is 0 Å². The van der Waals surface area contributed by atoms with Crippen LogP contribution in [0.2, 0.25) is 0 Å². The fourth-order valence-electron chi connectivity index (χ4n) is 1.84. The van der Waals surface area contributed by atoms with Gasteiger partial charge in [0, 0.05) is 18.9 Å². The molecule has 0 bridgehead atoms. The van der Waals surface area contributed by atoms with Crippen LogP contribution in [-0.2, 0) is 7.05 Å². The Morgan fingerprint density at radius 2 is 2.12 bits per heavy atom. The Kier molecular flexibility index (Phi) is 1.80. The van der Waals surface area contributed by atoms with Gasteiger partial charge < -0.3 is 4.57 Å². The maximum atomic E-state index is 4.32. The van der Waals surface area contributed by atoms with Crippen molar-refractivity contribution in [2.45, 2.75) is 6.92 Å². The van der Waals surface area contributed by atoms with Crippen molar-refractivity contribution in [2.75, 3.05) is 0 Å². The lowest BCUT2D eigenvalue weighted by Crippen LogP contribution is -2.01. The molecule has 0 fully saturated rings. The van der Waals surface area contributed by atoms with Gasteiger partial charge in [-0.1, -0.05) is 0 Å². The molecule has 0 aliphatic heterocycles. The molecule has 16 heavy (non-hydrogen) atoms. The van der Waals surface area contributed by atoms with Crippen LogP contribution in [0.25, 0.3) is 17.2 Å². The number of aryl methyl sites for hydroxylation is 2. The first-order valence-corrected chi connectivity index (χ1v) is 5.05.